The monoisotopic (exact) mass is 665 g/mol. The van der Waals surface area contributed by atoms with Gasteiger partial charge in [-0.3, -0.25) is 4.79 Å². The second-order valence-corrected chi connectivity index (χ2v) is 17.4. The molecule has 2 saturated heterocycles. The molecule has 0 bridgehead atoms. The van der Waals surface area contributed by atoms with Crippen LogP contribution >= 0.6 is 0 Å². The molecule has 1 N–H and O–H groups in total. The fraction of sp³-hybridized carbons (Fsp3) is 0.658. The minimum absolute atomic E-state index is 0.127. The minimum Gasteiger partial charge on any atom is -0.469 e. The molecule has 7 nitrogen and oxygen atoms in total. The van der Waals surface area contributed by atoms with Crippen LogP contribution in [0.15, 0.2) is 53.4 Å². The summed E-state index contributed by atoms with van der Waals surface area (Å²) in [5.41, 5.74) is 1.93. The average Bonchev–Trinajstić information content (AvgIpc) is 3.67. The summed E-state index contributed by atoms with van der Waals surface area (Å²) in [5, 5.41) is 3.50. The standard InChI is InChI=1S/C38H52FN3O4S/c1-46-37(43)23-27-5-2-8-36(27)38(26-41-19-4-20-41,29-6-3-7-30(39)24-29)28-17-21-42(22-18-28)33-12-9-32(25-33)40-31-10-13-34(14-11-31)47(44,45)35-15-16-35/h3,6-7,10-11,13-14,24,27-28,32-33,35-36,40H,2,4-5,8-9,12,15-23,25-26H2,1H3/t27-,32-,33?,36+,38+/m1/s1. The molecule has 256 valence electrons. The van der Waals surface area contributed by atoms with Crippen LogP contribution in [-0.4, -0.2) is 81.4 Å². The molecule has 5 aliphatic rings. The predicted molar refractivity (Wildman–Crippen MR) is 183 cm³/mol. The van der Waals surface area contributed by atoms with Crippen molar-refractivity contribution < 1.29 is 22.3 Å². The first kappa shape index (κ1) is 33.0. The Morgan fingerprint density at radius 3 is 2.36 bits per heavy atom. The summed E-state index contributed by atoms with van der Waals surface area (Å²) in [6.45, 7) is 5.22. The molecule has 5 fully saturated rings. The lowest BCUT2D eigenvalue weighted by Gasteiger charge is -2.54. The Balaban J connectivity index is 1.05. The van der Waals surface area contributed by atoms with Crippen molar-refractivity contribution in [3.05, 3.63) is 59.9 Å². The first-order chi connectivity index (χ1) is 22.8. The van der Waals surface area contributed by atoms with Gasteiger partial charge in [-0.15, -0.1) is 0 Å². The Morgan fingerprint density at radius 1 is 0.936 bits per heavy atom. The van der Waals surface area contributed by atoms with Gasteiger partial charge in [-0.1, -0.05) is 18.6 Å². The normalized spacial score (nSPS) is 28.9. The highest BCUT2D eigenvalue weighted by molar-refractivity contribution is 7.92. The fourth-order valence-electron chi connectivity index (χ4n) is 9.78. The van der Waals surface area contributed by atoms with Crippen molar-refractivity contribution >= 4 is 21.5 Å². The Labute approximate surface area is 280 Å². The van der Waals surface area contributed by atoms with E-state index in [0.29, 0.717) is 35.2 Å². The first-order valence-electron chi connectivity index (χ1n) is 18.2. The van der Waals surface area contributed by atoms with E-state index in [0.717, 1.165) is 108 Å². The quantitative estimate of drug-likeness (QED) is 0.262. The number of rotatable bonds is 12. The SMILES string of the molecule is COC(=O)C[C@H]1CCC[C@@H]1[C@](CN1CCC1)(c1cccc(F)c1)C1CCN(C2CC[C@@H](Nc3ccc(S(=O)(=O)C4CC4)cc3)C2)CC1. The number of piperidine rings is 1. The molecule has 2 aromatic carbocycles. The largest absolute Gasteiger partial charge is 0.469 e. The molecule has 0 amide bonds. The highest BCUT2D eigenvalue weighted by Gasteiger charge is 2.53. The lowest BCUT2D eigenvalue weighted by atomic mass is 9.56. The second kappa shape index (κ2) is 13.8. The molecule has 2 heterocycles. The van der Waals surface area contributed by atoms with Gasteiger partial charge < -0.3 is 19.9 Å². The smallest absolute Gasteiger partial charge is 0.305 e. The van der Waals surface area contributed by atoms with Gasteiger partial charge in [0.25, 0.3) is 0 Å². The highest BCUT2D eigenvalue weighted by Crippen LogP contribution is 2.54. The zero-order chi connectivity index (χ0) is 32.6. The number of sulfone groups is 1. The molecule has 9 heteroatoms. The van der Waals surface area contributed by atoms with E-state index in [4.69, 9.17) is 4.74 Å². The molecular weight excluding hydrogens is 614 g/mol. The minimum atomic E-state index is -3.17. The molecule has 47 heavy (non-hydrogen) atoms. The van der Waals surface area contributed by atoms with Crippen LogP contribution in [-0.2, 0) is 24.8 Å². The number of halogens is 1. The number of anilines is 1. The Hall–Kier alpha value is -2.49. The van der Waals surface area contributed by atoms with Crippen LogP contribution in [0.3, 0.4) is 0 Å². The molecule has 2 aromatic rings. The number of hydrogen-bond acceptors (Lipinski definition) is 7. The maximum absolute atomic E-state index is 15.0. The summed E-state index contributed by atoms with van der Waals surface area (Å²) in [6, 6.07) is 15.7. The third-order valence-electron chi connectivity index (χ3n) is 12.5. The third kappa shape index (κ3) is 6.86. The molecule has 3 aliphatic carbocycles. The van der Waals surface area contributed by atoms with E-state index in [1.807, 2.05) is 18.2 Å². The number of ether oxygens (including phenoxy) is 1. The fourth-order valence-corrected chi connectivity index (χ4v) is 11.4. The van der Waals surface area contributed by atoms with Crippen molar-refractivity contribution in [1.82, 2.24) is 9.80 Å². The Kier molecular flexibility index (Phi) is 9.69. The number of carbonyl (C=O) groups is 1. The van der Waals surface area contributed by atoms with Crippen LogP contribution < -0.4 is 5.32 Å². The van der Waals surface area contributed by atoms with Gasteiger partial charge in [0.15, 0.2) is 9.84 Å². The van der Waals surface area contributed by atoms with Crippen LogP contribution in [0.5, 0.6) is 0 Å². The van der Waals surface area contributed by atoms with Gasteiger partial charge in [0.2, 0.25) is 0 Å². The van der Waals surface area contributed by atoms with Crippen molar-refractivity contribution in [2.45, 2.75) is 105 Å². The van der Waals surface area contributed by atoms with E-state index in [1.54, 1.807) is 24.3 Å². The zero-order valence-corrected chi connectivity index (χ0v) is 28.7. The van der Waals surface area contributed by atoms with Crippen LogP contribution in [0.1, 0.15) is 82.6 Å². The summed E-state index contributed by atoms with van der Waals surface area (Å²) in [4.78, 5) is 18.3. The van der Waals surface area contributed by atoms with Gasteiger partial charge in [0.1, 0.15) is 5.82 Å². The van der Waals surface area contributed by atoms with Crippen molar-refractivity contribution in [3.8, 4) is 0 Å². The van der Waals surface area contributed by atoms with Gasteiger partial charge in [0, 0.05) is 36.2 Å². The Bertz CT molecular complexity index is 1500. The number of hydrogen-bond donors (Lipinski definition) is 1. The topological polar surface area (TPSA) is 79.0 Å². The number of nitrogens with zero attached hydrogens (tertiary/aromatic N) is 2. The molecule has 0 radical (unpaired) electrons. The summed E-state index contributed by atoms with van der Waals surface area (Å²) in [7, 11) is -1.68. The van der Waals surface area contributed by atoms with E-state index in [1.165, 1.54) is 13.5 Å². The number of likely N-dealkylation sites (tertiary alicyclic amines) is 2. The summed E-state index contributed by atoms with van der Waals surface area (Å²) >= 11 is 0. The van der Waals surface area contributed by atoms with Crippen molar-refractivity contribution in [3.63, 3.8) is 0 Å². The molecule has 5 atom stereocenters. The zero-order valence-electron chi connectivity index (χ0n) is 27.9. The number of esters is 1. The van der Waals surface area contributed by atoms with E-state index >= 15 is 0 Å². The van der Waals surface area contributed by atoms with Crippen molar-refractivity contribution in [1.29, 1.82) is 0 Å². The van der Waals surface area contributed by atoms with Gasteiger partial charge >= 0.3 is 5.97 Å². The van der Waals surface area contributed by atoms with E-state index in [9.17, 15) is 17.6 Å². The summed E-state index contributed by atoms with van der Waals surface area (Å²) in [6.07, 6.45) is 12.0. The predicted octanol–water partition coefficient (Wildman–Crippen LogP) is 6.43. The van der Waals surface area contributed by atoms with E-state index in [2.05, 4.69) is 21.2 Å². The first-order valence-corrected chi connectivity index (χ1v) is 19.7. The average molecular weight is 666 g/mol. The van der Waals surface area contributed by atoms with E-state index in [-0.39, 0.29) is 28.4 Å². The lowest BCUT2D eigenvalue weighted by molar-refractivity contribution is -0.142. The molecule has 7 rings (SSSR count). The number of methoxy groups -OCH3 is 1. The van der Waals surface area contributed by atoms with Gasteiger partial charge in [-0.2, -0.15) is 0 Å². The molecule has 0 aromatic heterocycles. The van der Waals surface area contributed by atoms with Crippen LogP contribution in [0.25, 0.3) is 0 Å². The maximum Gasteiger partial charge on any atom is 0.305 e. The van der Waals surface area contributed by atoms with Gasteiger partial charge in [0.05, 0.1) is 17.3 Å². The van der Waals surface area contributed by atoms with Crippen LogP contribution in [0, 0.1) is 23.6 Å². The second-order valence-electron chi connectivity index (χ2n) is 15.1. The van der Waals surface area contributed by atoms with Gasteiger partial charge in [-0.05, 0) is 150 Å². The van der Waals surface area contributed by atoms with Crippen molar-refractivity contribution in [2.75, 3.05) is 45.2 Å². The summed E-state index contributed by atoms with van der Waals surface area (Å²) in [5.74, 6) is 0.711. The van der Waals surface area contributed by atoms with Gasteiger partial charge in [-0.25, -0.2) is 12.8 Å². The van der Waals surface area contributed by atoms with E-state index < -0.39 is 9.84 Å². The highest BCUT2D eigenvalue weighted by atomic mass is 32.2. The number of carbonyl (C=O) groups excluding carboxylic acids is 1. The lowest BCUT2D eigenvalue weighted by Crippen LogP contribution is -2.57. The molecule has 2 aliphatic heterocycles. The van der Waals surface area contributed by atoms with Crippen LogP contribution in [0.2, 0.25) is 0 Å². The molecule has 0 spiro atoms. The van der Waals surface area contributed by atoms with Crippen LogP contribution in [0.4, 0.5) is 10.1 Å². The summed E-state index contributed by atoms with van der Waals surface area (Å²) < 4.78 is 45.3. The number of nitrogens with one attached hydrogen (secondary N) is 1. The third-order valence-corrected chi connectivity index (χ3v) is 14.7. The Morgan fingerprint density at radius 2 is 1.70 bits per heavy atom. The maximum atomic E-state index is 15.0. The van der Waals surface area contributed by atoms with Crippen molar-refractivity contribution in [2.24, 2.45) is 17.8 Å². The molecule has 3 saturated carbocycles. The molecular formula is C38H52FN3O4S. The molecule has 1 unspecified atom stereocenters. The number of benzene rings is 2.